The first-order valence-electron chi connectivity index (χ1n) is 10.1. The molecule has 6 nitrogen and oxygen atoms in total. The van der Waals surface area contributed by atoms with Crippen LogP contribution in [0.1, 0.15) is 53.7 Å². The van der Waals surface area contributed by atoms with Crippen molar-refractivity contribution in [2.75, 3.05) is 13.7 Å². The summed E-state index contributed by atoms with van der Waals surface area (Å²) in [6.45, 7) is 3.32. The minimum Gasteiger partial charge on any atom is -0.497 e. The zero-order valence-corrected chi connectivity index (χ0v) is 16.7. The Kier molecular flexibility index (Phi) is 4.34. The number of amides is 1. The number of carbonyl (C=O) groups is 1. The number of hydrogen-bond acceptors (Lipinski definition) is 4. The molecule has 2 heterocycles. The van der Waals surface area contributed by atoms with Gasteiger partial charge in [-0.2, -0.15) is 0 Å². The van der Waals surface area contributed by atoms with Crippen molar-refractivity contribution in [3.05, 3.63) is 65.7 Å². The number of carbonyl (C=O) groups excluding carboxylic acids is 1. The third-order valence-corrected chi connectivity index (χ3v) is 5.79. The molecule has 2 aliphatic rings. The molecule has 2 aromatic carbocycles. The molecule has 0 unspecified atom stereocenters. The standard InChI is InChI=1S/C23H24N4O2/c1-15-13-26(14-21-24-25-22(27(15)21)16-9-10-16)23(28)19-7-3-5-17(11-19)18-6-4-8-20(12-18)29-2/h3-8,11-12,15-16H,9-10,13-14H2,1-2H3/t15-/m0/s1. The molecule has 0 radical (unpaired) electrons. The molecule has 1 atom stereocenters. The first-order chi connectivity index (χ1) is 14.1. The molecular formula is C23H24N4O2. The van der Waals surface area contributed by atoms with Gasteiger partial charge in [-0.1, -0.05) is 24.3 Å². The highest BCUT2D eigenvalue weighted by Crippen LogP contribution is 2.41. The second-order valence-corrected chi connectivity index (χ2v) is 7.97. The zero-order valence-electron chi connectivity index (χ0n) is 16.7. The summed E-state index contributed by atoms with van der Waals surface area (Å²) < 4.78 is 7.57. The smallest absolute Gasteiger partial charge is 0.254 e. The van der Waals surface area contributed by atoms with Crippen molar-refractivity contribution in [3.63, 3.8) is 0 Å². The Morgan fingerprint density at radius 3 is 2.59 bits per heavy atom. The molecule has 1 fully saturated rings. The molecule has 0 N–H and O–H groups in total. The van der Waals surface area contributed by atoms with Gasteiger partial charge >= 0.3 is 0 Å². The number of methoxy groups -OCH3 is 1. The van der Waals surface area contributed by atoms with E-state index in [-0.39, 0.29) is 11.9 Å². The van der Waals surface area contributed by atoms with Crippen LogP contribution >= 0.6 is 0 Å². The lowest BCUT2D eigenvalue weighted by Gasteiger charge is -2.32. The van der Waals surface area contributed by atoms with E-state index >= 15 is 0 Å². The first kappa shape index (κ1) is 17.9. The fourth-order valence-corrected chi connectivity index (χ4v) is 4.15. The lowest BCUT2D eigenvalue weighted by molar-refractivity contribution is 0.0679. The van der Waals surface area contributed by atoms with E-state index in [1.807, 2.05) is 53.4 Å². The average molecular weight is 388 g/mol. The fraction of sp³-hybridized carbons (Fsp3) is 0.348. The topological polar surface area (TPSA) is 60.2 Å². The Balaban J connectivity index is 1.40. The molecule has 3 aromatic rings. The van der Waals surface area contributed by atoms with Gasteiger partial charge in [0, 0.05) is 18.0 Å². The van der Waals surface area contributed by atoms with E-state index in [1.165, 1.54) is 12.8 Å². The van der Waals surface area contributed by atoms with Gasteiger partial charge in [0.25, 0.3) is 5.91 Å². The quantitative estimate of drug-likeness (QED) is 0.677. The van der Waals surface area contributed by atoms with Crippen LogP contribution in [0.2, 0.25) is 0 Å². The van der Waals surface area contributed by atoms with Crippen molar-refractivity contribution in [2.45, 2.75) is 38.3 Å². The van der Waals surface area contributed by atoms with Crippen molar-refractivity contribution < 1.29 is 9.53 Å². The van der Waals surface area contributed by atoms with Gasteiger partial charge in [-0.25, -0.2) is 0 Å². The van der Waals surface area contributed by atoms with Gasteiger partial charge in [-0.3, -0.25) is 4.79 Å². The van der Waals surface area contributed by atoms with Crippen LogP contribution in [0.5, 0.6) is 5.75 Å². The lowest BCUT2D eigenvalue weighted by atomic mass is 10.0. The number of benzene rings is 2. The summed E-state index contributed by atoms with van der Waals surface area (Å²) in [5.41, 5.74) is 2.71. The second-order valence-electron chi connectivity index (χ2n) is 7.97. The molecule has 29 heavy (non-hydrogen) atoms. The third-order valence-electron chi connectivity index (χ3n) is 5.79. The minimum atomic E-state index is 0.0313. The van der Waals surface area contributed by atoms with Gasteiger partial charge < -0.3 is 14.2 Å². The number of aromatic nitrogens is 3. The van der Waals surface area contributed by atoms with Gasteiger partial charge in [-0.15, -0.1) is 10.2 Å². The normalized spacial score (nSPS) is 18.4. The van der Waals surface area contributed by atoms with Crippen molar-refractivity contribution in [2.24, 2.45) is 0 Å². The van der Waals surface area contributed by atoms with Crippen LogP contribution < -0.4 is 4.74 Å². The SMILES string of the molecule is COc1cccc(-c2cccc(C(=O)N3Cc4nnc(C5CC5)n4[C@@H](C)C3)c2)c1. The Labute approximate surface area is 170 Å². The van der Waals surface area contributed by atoms with Crippen LogP contribution in [0, 0.1) is 0 Å². The van der Waals surface area contributed by atoms with E-state index in [0.29, 0.717) is 24.6 Å². The van der Waals surface area contributed by atoms with E-state index in [2.05, 4.69) is 21.7 Å². The molecule has 148 valence electrons. The highest BCUT2D eigenvalue weighted by atomic mass is 16.5. The highest BCUT2D eigenvalue weighted by molar-refractivity contribution is 5.95. The number of nitrogens with zero attached hydrogens (tertiary/aromatic N) is 4. The van der Waals surface area contributed by atoms with Gasteiger partial charge in [0.15, 0.2) is 5.82 Å². The molecular weight excluding hydrogens is 364 g/mol. The van der Waals surface area contributed by atoms with Crippen molar-refractivity contribution in [3.8, 4) is 16.9 Å². The highest BCUT2D eigenvalue weighted by Gasteiger charge is 2.35. The van der Waals surface area contributed by atoms with E-state index in [4.69, 9.17) is 4.74 Å². The van der Waals surface area contributed by atoms with Crippen molar-refractivity contribution in [1.82, 2.24) is 19.7 Å². The van der Waals surface area contributed by atoms with Gasteiger partial charge in [0.05, 0.1) is 19.7 Å². The summed E-state index contributed by atoms with van der Waals surface area (Å²) in [6.07, 6.45) is 2.40. The number of rotatable bonds is 4. The molecule has 6 heteroatoms. The second kappa shape index (κ2) is 7.03. The van der Waals surface area contributed by atoms with Crippen LogP contribution in [-0.4, -0.2) is 39.2 Å². The molecule has 1 aromatic heterocycles. The Morgan fingerprint density at radius 2 is 1.83 bits per heavy atom. The van der Waals surface area contributed by atoms with Crippen LogP contribution in [0.4, 0.5) is 0 Å². The van der Waals surface area contributed by atoms with Crippen molar-refractivity contribution in [1.29, 1.82) is 0 Å². The van der Waals surface area contributed by atoms with Crippen LogP contribution in [0.15, 0.2) is 48.5 Å². The molecule has 0 spiro atoms. The molecule has 0 bridgehead atoms. The minimum absolute atomic E-state index is 0.0313. The summed E-state index contributed by atoms with van der Waals surface area (Å²) in [6, 6.07) is 15.9. The Morgan fingerprint density at radius 1 is 1.07 bits per heavy atom. The summed E-state index contributed by atoms with van der Waals surface area (Å²) >= 11 is 0. The largest absolute Gasteiger partial charge is 0.497 e. The lowest BCUT2D eigenvalue weighted by Crippen LogP contribution is -2.40. The van der Waals surface area contributed by atoms with Crippen LogP contribution in [0.3, 0.4) is 0 Å². The summed E-state index contributed by atoms with van der Waals surface area (Å²) in [4.78, 5) is 15.1. The van der Waals surface area contributed by atoms with Gasteiger partial charge in [0.1, 0.15) is 11.6 Å². The maximum atomic E-state index is 13.3. The molecule has 1 aliphatic heterocycles. The number of hydrogen-bond donors (Lipinski definition) is 0. The van der Waals surface area contributed by atoms with Gasteiger partial charge in [0.2, 0.25) is 0 Å². The third kappa shape index (κ3) is 3.28. The van der Waals surface area contributed by atoms with E-state index in [9.17, 15) is 4.79 Å². The van der Waals surface area contributed by atoms with Crippen molar-refractivity contribution >= 4 is 5.91 Å². The van der Waals surface area contributed by atoms with E-state index in [0.717, 1.165) is 28.5 Å². The predicted molar refractivity (Wildman–Crippen MR) is 110 cm³/mol. The predicted octanol–water partition coefficient (Wildman–Crippen LogP) is 4.05. The molecule has 1 aliphatic carbocycles. The maximum absolute atomic E-state index is 13.3. The first-order valence-corrected chi connectivity index (χ1v) is 10.1. The number of ether oxygens (including phenoxy) is 1. The summed E-state index contributed by atoms with van der Waals surface area (Å²) in [5.74, 6) is 3.38. The zero-order chi connectivity index (χ0) is 20.0. The molecule has 0 saturated heterocycles. The van der Waals surface area contributed by atoms with Gasteiger partial charge in [-0.05, 0) is 55.2 Å². The fourth-order valence-electron chi connectivity index (χ4n) is 4.15. The molecule has 1 amide bonds. The number of fused-ring (bicyclic) bond motifs is 1. The Bertz CT molecular complexity index is 1070. The van der Waals surface area contributed by atoms with E-state index < -0.39 is 0 Å². The molecule has 1 saturated carbocycles. The Hall–Kier alpha value is -3.15. The average Bonchev–Trinajstić information content (AvgIpc) is 3.52. The van der Waals surface area contributed by atoms with E-state index in [1.54, 1.807) is 7.11 Å². The monoisotopic (exact) mass is 388 g/mol. The summed E-state index contributed by atoms with van der Waals surface area (Å²) in [7, 11) is 1.66. The van der Waals surface area contributed by atoms with Crippen LogP contribution in [0.25, 0.3) is 11.1 Å². The van der Waals surface area contributed by atoms with Crippen LogP contribution in [-0.2, 0) is 6.54 Å². The molecule has 5 rings (SSSR count). The summed E-state index contributed by atoms with van der Waals surface area (Å²) in [5, 5.41) is 8.79. The maximum Gasteiger partial charge on any atom is 0.254 e.